The minimum atomic E-state index is -1.43. The Morgan fingerprint density at radius 1 is 0.395 bits per heavy atom. The molecule has 0 aliphatic carbocycles. The highest BCUT2D eigenvalue weighted by atomic mass is 35.5. The molecule has 0 heterocycles. The van der Waals surface area contributed by atoms with E-state index in [9.17, 15) is 40.9 Å². The summed E-state index contributed by atoms with van der Waals surface area (Å²) in [6.45, 7) is 3.33. The van der Waals surface area contributed by atoms with Crippen LogP contribution in [-0.4, -0.2) is 46.2 Å². The van der Waals surface area contributed by atoms with Gasteiger partial charge in [0.05, 0.1) is 5.38 Å². The van der Waals surface area contributed by atoms with E-state index in [-0.39, 0.29) is 46.0 Å². The molecule has 0 aromatic heterocycles. The number of halogens is 1. The average Bonchev–Trinajstić information content (AvgIpc) is 2.80. The number of benzene rings is 4. The third-order valence-electron chi connectivity index (χ3n) is 7.02. The largest absolute Gasteiger partial charge is 0.508 e. The predicted molar refractivity (Wildman–Crippen MR) is 142 cm³/mol. The fourth-order valence-electron chi connectivity index (χ4n) is 5.08. The highest BCUT2D eigenvalue weighted by molar-refractivity contribution is 6.23. The SMILES string of the molecule is CC(c1cc(O)cc(O)c1)(c1cc(O)cc(O)c1)C(Cl)C(C)(c1cc(O)cc(O)c1)c1cc(O)cc(O)c1. The van der Waals surface area contributed by atoms with Crippen LogP contribution >= 0.6 is 11.6 Å². The maximum absolute atomic E-state index is 10.3. The van der Waals surface area contributed by atoms with Crippen LogP contribution in [0.3, 0.4) is 0 Å². The van der Waals surface area contributed by atoms with Crippen molar-refractivity contribution in [2.45, 2.75) is 30.1 Å². The maximum atomic E-state index is 10.3. The molecule has 0 saturated carbocycles. The van der Waals surface area contributed by atoms with Gasteiger partial charge < -0.3 is 40.9 Å². The first kappa shape index (κ1) is 26.6. The molecule has 8 N–H and O–H groups in total. The summed E-state index contributed by atoms with van der Waals surface area (Å²) in [6, 6.07) is 15.5. The van der Waals surface area contributed by atoms with Gasteiger partial charge in [0.2, 0.25) is 0 Å². The van der Waals surface area contributed by atoms with E-state index in [1.807, 2.05) is 0 Å². The third-order valence-corrected chi connectivity index (χ3v) is 7.90. The molecule has 0 bridgehead atoms. The zero-order valence-corrected chi connectivity index (χ0v) is 21.2. The number of hydrogen-bond acceptors (Lipinski definition) is 8. The Bertz CT molecular complexity index is 1220. The van der Waals surface area contributed by atoms with Crippen LogP contribution in [0.5, 0.6) is 46.0 Å². The lowest BCUT2D eigenvalue weighted by atomic mass is 9.61. The predicted octanol–water partition coefficient (Wildman–Crippen LogP) is 5.25. The monoisotopic (exact) mass is 538 g/mol. The summed E-state index contributed by atoms with van der Waals surface area (Å²) in [7, 11) is 0. The summed E-state index contributed by atoms with van der Waals surface area (Å²) in [4.78, 5) is 0. The molecule has 0 spiro atoms. The molecule has 0 saturated heterocycles. The van der Waals surface area contributed by atoms with Crippen molar-refractivity contribution in [2.75, 3.05) is 0 Å². The van der Waals surface area contributed by atoms with E-state index in [1.165, 1.54) is 48.5 Å². The fraction of sp³-hybridized carbons (Fsp3) is 0.172. The molecular formula is C29H27ClO8. The van der Waals surface area contributed by atoms with Gasteiger partial charge >= 0.3 is 0 Å². The summed E-state index contributed by atoms with van der Waals surface area (Å²) in [6.07, 6.45) is 0. The van der Waals surface area contributed by atoms with Crippen LogP contribution in [0, 0.1) is 0 Å². The van der Waals surface area contributed by atoms with Crippen LogP contribution in [0.1, 0.15) is 36.1 Å². The number of phenols is 8. The van der Waals surface area contributed by atoms with Crippen LogP contribution in [0.4, 0.5) is 0 Å². The summed E-state index contributed by atoms with van der Waals surface area (Å²) >= 11 is 7.40. The van der Waals surface area contributed by atoms with Gasteiger partial charge in [0.25, 0.3) is 0 Å². The first-order valence-corrected chi connectivity index (χ1v) is 11.9. The minimum Gasteiger partial charge on any atom is -0.508 e. The lowest BCUT2D eigenvalue weighted by Gasteiger charge is -2.46. The second-order valence-corrected chi connectivity index (χ2v) is 10.2. The lowest BCUT2D eigenvalue weighted by Crippen LogP contribution is -2.48. The molecule has 4 rings (SSSR count). The summed E-state index contributed by atoms with van der Waals surface area (Å²) < 4.78 is 0. The number of alkyl halides is 1. The second kappa shape index (κ2) is 9.46. The molecule has 4 aromatic carbocycles. The Labute approximate surface area is 223 Å². The van der Waals surface area contributed by atoms with Gasteiger partial charge in [0.15, 0.2) is 0 Å². The van der Waals surface area contributed by atoms with E-state index < -0.39 is 16.2 Å². The third kappa shape index (κ3) is 4.66. The van der Waals surface area contributed by atoms with Crippen molar-refractivity contribution in [1.29, 1.82) is 0 Å². The van der Waals surface area contributed by atoms with Gasteiger partial charge in [0.1, 0.15) is 46.0 Å². The summed E-state index contributed by atoms with van der Waals surface area (Å²) in [5.41, 5.74) is -1.68. The van der Waals surface area contributed by atoms with Crippen LogP contribution in [0.25, 0.3) is 0 Å². The van der Waals surface area contributed by atoms with Gasteiger partial charge in [-0.25, -0.2) is 0 Å². The number of phenolic OH excluding ortho intramolecular Hbond substituents is 8. The highest BCUT2D eigenvalue weighted by Gasteiger charge is 2.50. The smallest absolute Gasteiger partial charge is 0.119 e. The van der Waals surface area contributed by atoms with E-state index in [4.69, 9.17) is 11.6 Å². The normalized spacial score (nSPS) is 12.1. The van der Waals surface area contributed by atoms with Crippen molar-refractivity contribution in [1.82, 2.24) is 0 Å². The number of aromatic hydroxyl groups is 8. The average molecular weight is 539 g/mol. The molecule has 198 valence electrons. The maximum Gasteiger partial charge on any atom is 0.119 e. The minimum absolute atomic E-state index is 0.272. The van der Waals surface area contributed by atoms with Gasteiger partial charge in [-0.2, -0.15) is 0 Å². The molecule has 4 aromatic rings. The van der Waals surface area contributed by atoms with E-state index in [0.717, 1.165) is 24.3 Å². The molecule has 8 nitrogen and oxygen atoms in total. The lowest BCUT2D eigenvalue weighted by molar-refractivity contribution is 0.382. The van der Waals surface area contributed by atoms with Crippen LogP contribution in [0.2, 0.25) is 0 Å². The van der Waals surface area contributed by atoms with Crippen molar-refractivity contribution in [3.8, 4) is 46.0 Å². The Kier molecular flexibility index (Phi) is 6.63. The van der Waals surface area contributed by atoms with E-state index >= 15 is 0 Å². The van der Waals surface area contributed by atoms with Crippen LogP contribution in [-0.2, 0) is 10.8 Å². The topological polar surface area (TPSA) is 162 Å². The number of hydrogen-bond donors (Lipinski definition) is 8. The Hall–Kier alpha value is -4.43. The molecule has 0 aliphatic heterocycles. The standard InChI is InChI=1S/C29H27ClO8/c1-28(15-3-19(31)11-20(32)4-15,16-5-21(33)12-22(34)6-16)27(30)29(2,17-7-23(35)13-24(36)8-17)18-9-25(37)14-26(38)10-18/h3-14,27,31-38H,1-2H3. The van der Waals surface area contributed by atoms with Crippen molar-refractivity contribution in [3.05, 3.63) is 95.1 Å². The highest BCUT2D eigenvalue weighted by Crippen LogP contribution is 2.53. The summed E-state index contributed by atoms with van der Waals surface area (Å²) in [5.74, 6) is -2.18. The Balaban J connectivity index is 2.12. The molecule has 0 radical (unpaired) electrons. The zero-order chi connectivity index (χ0) is 28.0. The number of rotatable bonds is 6. The van der Waals surface area contributed by atoms with Gasteiger partial charge in [0, 0.05) is 35.1 Å². The molecule has 9 heteroatoms. The van der Waals surface area contributed by atoms with Gasteiger partial charge in [-0.3, -0.25) is 0 Å². The molecule has 0 atom stereocenters. The van der Waals surface area contributed by atoms with Gasteiger partial charge in [-0.15, -0.1) is 11.6 Å². The van der Waals surface area contributed by atoms with Crippen molar-refractivity contribution in [3.63, 3.8) is 0 Å². The van der Waals surface area contributed by atoms with Crippen LogP contribution in [0.15, 0.2) is 72.8 Å². The zero-order valence-electron chi connectivity index (χ0n) is 20.5. The molecule has 0 unspecified atom stereocenters. The van der Waals surface area contributed by atoms with Gasteiger partial charge in [-0.1, -0.05) is 0 Å². The van der Waals surface area contributed by atoms with Crippen LogP contribution < -0.4 is 0 Å². The molecule has 0 fully saturated rings. The molecule has 0 amide bonds. The van der Waals surface area contributed by atoms with Crippen molar-refractivity contribution in [2.24, 2.45) is 0 Å². The van der Waals surface area contributed by atoms with E-state index in [1.54, 1.807) is 13.8 Å². The molecule has 0 aliphatic rings. The quantitative estimate of drug-likeness (QED) is 0.154. The van der Waals surface area contributed by atoms with Crippen molar-refractivity contribution >= 4 is 11.6 Å². The van der Waals surface area contributed by atoms with Gasteiger partial charge in [-0.05, 0) is 84.6 Å². The Morgan fingerprint density at radius 3 is 0.711 bits per heavy atom. The first-order chi connectivity index (χ1) is 17.7. The fourth-order valence-corrected chi connectivity index (χ4v) is 5.58. The second-order valence-electron chi connectivity index (χ2n) is 9.72. The van der Waals surface area contributed by atoms with E-state index in [2.05, 4.69) is 0 Å². The molecular weight excluding hydrogens is 512 g/mol. The Morgan fingerprint density at radius 2 is 0.553 bits per heavy atom. The summed E-state index contributed by atoms with van der Waals surface area (Å²) in [5, 5.41) is 81.6. The van der Waals surface area contributed by atoms with E-state index in [0.29, 0.717) is 22.3 Å². The molecule has 38 heavy (non-hydrogen) atoms. The first-order valence-electron chi connectivity index (χ1n) is 11.5. The van der Waals surface area contributed by atoms with Crippen molar-refractivity contribution < 1.29 is 40.9 Å².